The Morgan fingerprint density at radius 3 is 2.55 bits per heavy atom. The number of hydrogen-bond acceptors (Lipinski definition) is 4. The number of anilines is 1. The summed E-state index contributed by atoms with van der Waals surface area (Å²) in [5, 5.41) is 8.83. The van der Waals surface area contributed by atoms with Gasteiger partial charge in [0, 0.05) is 10.6 Å². The second kappa shape index (κ2) is 7.40. The molecule has 0 spiro atoms. The summed E-state index contributed by atoms with van der Waals surface area (Å²) in [5.41, 5.74) is 3.19. The molecule has 2 N–H and O–H groups in total. The van der Waals surface area contributed by atoms with Crippen LogP contribution in [0.15, 0.2) is 40.8 Å². The molecule has 0 fully saturated rings. The van der Waals surface area contributed by atoms with Gasteiger partial charge in [-0.2, -0.15) is 5.10 Å². The molecule has 2 amide bonds. The van der Waals surface area contributed by atoms with Gasteiger partial charge in [0.15, 0.2) is 0 Å². The van der Waals surface area contributed by atoms with E-state index >= 15 is 0 Å². The Balaban J connectivity index is 1.96. The van der Waals surface area contributed by atoms with Crippen molar-refractivity contribution in [3.05, 3.63) is 50.6 Å². The number of amides is 2. The van der Waals surface area contributed by atoms with E-state index in [2.05, 4.69) is 15.8 Å². The monoisotopic (exact) mass is 355 g/mol. The standard InChI is InChI=1S/C14H11Cl2N3O2S/c1-8(12-3-2-6-22-12)18-19-14(21)13(20)17-9-4-5-10(15)11(16)7-9/h2-7H,1H3,(H,17,20)(H,19,21)/b18-8+. The highest BCUT2D eigenvalue weighted by Crippen LogP contribution is 2.24. The number of carbonyl (C=O) groups is 2. The summed E-state index contributed by atoms with van der Waals surface area (Å²) in [5.74, 6) is -1.72. The van der Waals surface area contributed by atoms with Crippen LogP contribution in [0.4, 0.5) is 5.69 Å². The Morgan fingerprint density at radius 2 is 1.91 bits per heavy atom. The van der Waals surface area contributed by atoms with Crippen LogP contribution in [0.25, 0.3) is 0 Å². The van der Waals surface area contributed by atoms with Gasteiger partial charge in [-0.15, -0.1) is 11.3 Å². The van der Waals surface area contributed by atoms with E-state index < -0.39 is 11.8 Å². The van der Waals surface area contributed by atoms with E-state index in [4.69, 9.17) is 23.2 Å². The van der Waals surface area contributed by atoms with Crippen LogP contribution in [-0.4, -0.2) is 17.5 Å². The third-order valence-corrected chi connectivity index (χ3v) is 4.30. The molecule has 0 saturated heterocycles. The molecule has 0 aliphatic carbocycles. The van der Waals surface area contributed by atoms with Crippen molar-refractivity contribution in [2.75, 3.05) is 5.32 Å². The highest BCUT2D eigenvalue weighted by molar-refractivity contribution is 7.12. The summed E-state index contributed by atoms with van der Waals surface area (Å²) < 4.78 is 0. The average Bonchev–Trinajstić information content (AvgIpc) is 3.02. The van der Waals surface area contributed by atoms with E-state index in [1.54, 1.807) is 13.0 Å². The SMILES string of the molecule is C/C(=N\NC(=O)C(=O)Nc1ccc(Cl)c(Cl)c1)c1cccs1. The number of benzene rings is 1. The lowest BCUT2D eigenvalue weighted by Crippen LogP contribution is -2.32. The van der Waals surface area contributed by atoms with E-state index in [1.165, 1.54) is 23.5 Å². The van der Waals surface area contributed by atoms with Crippen LogP contribution in [0.1, 0.15) is 11.8 Å². The first-order chi connectivity index (χ1) is 10.5. The molecule has 0 bridgehead atoms. The van der Waals surface area contributed by atoms with Crippen molar-refractivity contribution < 1.29 is 9.59 Å². The van der Waals surface area contributed by atoms with E-state index in [-0.39, 0.29) is 5.02 Å². The third kappa shape index (κ3) is 4.30. The number of hydrogen-bond donors (Lipinski definition) is 2. The van der Waals surface area contributed by atoms with Gasteiger partial charge in [0.2, 0.25) is 0 Å². The lowest BCUT2D eigenvalue weighted by molar-refractivity contribution is -0.136. The average molecular weight is 356 g/mol. The summed E-state index contributed by atoms with van der Waals surface area (Å²) in [7, 11) is 0. The second-order valence-electron chi connectivity index (χ2n) is 4.20. The van der Waals surface area contributed by atoms with Crippen LogP contribution < -0.4 is 10.7 Å². The Hall–Kier alpha value is -1.89. The van der Waals surface area contributed by atoms with Gasteiger partial charge in [-0.3, -0.25) is 9.59 Å². The number of halogens is 2. The Labute approximate surface area is 140 Å². The Bertz CT molecular complexity index is 730. The number of rotatable bonds is 3. The molecule has 5 nitrogen and oxygen atoms in total. The minimum atomic E-state index is -0.873. The maximum absolute atomic E-state index is 11.7. The topological polar surface area (TPSA) is 70.6 Å². The maximum atomic E-state index is 11.7. The van der Waals surface area contributed by atoms with E-state index in [0.717, 1.165) is 4.88 Å². The molecule has 0 aliphatic rings. The van der Waals surface area contributed by atoms with Crippen molar-refractivity contribution in [1.82, 2.24) is 5.43 Å². The van der Waals surface area contributed by atoms with Crippen LogP contribution >= 0.6 is 34.5 Å². The van der Waals surface area contributed by atoms with Gasteiger partial charge in [0.05, 0.1) is 15.8 Å². The Morgan fingerprint density at radius 1 is 1.14 bits per heavy atom. The van der Waals surface area contributed by atoms with E-state index in [9.17, 15) is 9.59 Å². The molecule has 22 heavy (non-hydrogen) atoms. The molecular weight excluding hydrogens is 345 g/mol. The molecule has 0 aliphatic heterocycles. The number of carbonyl (C=O) groups excluding carboxylic acids is 2. The quantitative estimate of drug-likeness (QED) is 0.502. The first-order valence-electron chi connectivity index (χ1n) is 6.12. The fraction of sp³-hybridized carbons (Fsp3) is 0.0714. The van der Waals surface area contributed by atoms with Gasteiger partial charge >= 0.3 is 11.8 Å². The van der Waals surface area contributed by atoms with Gasteiger partial charge in [-0.1, -0.05) is 29.3 Å². The molecule has 0 saturated carbocycles. The van der Waals surface area contributed by atoms with Crippen molar-refractivity contribution in [2.24, 2.45) is 5.10 Å². The summed E-state index contributed by atoms with van der Waals surface area (Å²) in [6, 6.07) is 8.26. The summed E-state index contributed by atoms with van der Waals surface area (Å²) >= 11 is 13.1. The molecule has 8 heteroatoms. The van der Waals surface area contributed by atoms with Crippen molar-refractivity contribution in [1.29, 1.82) is 0 Å². The maximum Gasteiger partial charge on any atom is 0.329 e. The minimum absolute atomic E-state index is 0.284. The summed E-state index contributed by atoms with van der Waals surface area (Å²) in [6.07, 6.45) is 0. The van der Waals surface area contributed by atoms with Crippen LogP contribution in [0, 0.1) is 0 Å². The Kier molecular flexibility index (Phi) is 5.54. The zero-order valence-corrected chi connectivity index (χ0v) is 13.7. The lowest BCUT2D eigenvalue weighted by Gasteiger charge is -2.05. The van der Waals surface area contributed by atoms with Crippen LogP contribution in [0.3, 0.4) is 0 Å². The predicted octanol–water partition coefficient (Wildman–Crippen LogP) is 3.53. The summed E-state index contributed by atoms with van der Waals surface area (Å²) in [4.78, 5) is 24.3. The van der Waals surface area contributed by atoms with E-state index in [0.29, 0.717) is 16.4 Å². The van der Waals surface area contributed by atoms with Crippen LogP contribution in [-0.2, 0) is 9.59 Å². The van der Waals surface area contributed by atoms with Crippen molar-refractivity contribution >= 4 is 57.8 Å². The fourth-order valence-corrected chi connectivity index (χ4v) is 2.46. The van der Waals surface area contributed by atoms with Crippen molar-refractivity contribution in [3.8, 4) is 0 Å². The van der Waals surface area contributed by atoms with Gasteiger partial charge < -0.3 is 5.32 Å². The second-order valence-corrected chi connectivity index (χ2v) is 5.96. The largest absolute Gasteiger partial charge is 0.329 e. The number of thiophene rings is 1. The van der Waals surface area contributed by atoms with Gasteiger partial charge in [0.25, 0.3) is 0 Å². The zero-order chi connectivity index (χ0) is 16.1. The molecule has 2 aromatic rings. The number of nitrogens with zero attached hydrogens (tertiary/aromatic N) is 1. The van der Waals surface area contributed by atoms with Crippen LogP contribution in [0.2, 0.25) is 10.0 Å². The zero-order valence-electron chi connectivity index (χ0n) is 11.4. The summed E-state index contributed by atoms with van der Waals surface area (Å²) in [6.45, 7) is 1.74. The molecular formula is C14H11Cl2N3O2S. The number of nitrogens with one attached hydrogen (secondary N) is 2. The minimum Gasteiger partial charge on any atom is -0.318 e. The van der Waals surface area contributed by atoms with Gasteiger partial charge in [0.1, 0.15) is 0 Å². The molecule has 2 rings (SSSR count). The van der Waals surface area contributed by atoms with Gasteiger partial charge in [-0.05, 0) is 36.6 Å². The first-order valence-corrected chi connectivity index (χ1v) is 7.75. The van der Waals surface area contributed by atoms with Gasteiger partial charge in [-0.25, -0.2) is 5.43 Å². The first kappa shape index (κ1) is 16.5. The van der Waals surface area contributed by atoms with E-state index in [1.807, 2.05) is 17.5 Å². The highest BCUT2D eigenvalue weighted by Gasteiger charge is 2.14. The highest BCUT2D eigenvalue weighted by atomic mass is 35.5. The molecule has 114 valence electrons. The molecule has 1 aromatic heterocycles. The predicted molar refractivity (Wildman–Crippen MR) is 89.8 cm³/mol. The van der Waals surface area contributed by atoms with Crippen molar-refractivity contribution in [3.63, 3.8) is 0 Å². The van der Waals surface area contributed by atoms with Crippen molar-refractivity contribution in [2.45, 2.75) is 6.92 Å². The smallest absolute Gasteiger partial charge is 0.318 e. The number of hydrazone groups is 1. The lowest BCUT2D eigenvalue weighted by atomic mass is 10.3. The normalized spacial score (nSPS) is 11.1. The molecule has 0 atom stereocenters. The van der Waals surface area contributed by atoms with Crippen LogP contribution in [0.5, 0.6) is 0 Å². The third-order valence-electron chi connectivity index (χ3n) is 2.59. The molecule has 1 aromatic carbocycles. The fourth-order valence-electron chi connectivity index (χ4n) is 1.49. The molecule has 1 heterocycles. The molecule has 0 unspecified atom stereocenters. The molecule has 0 radical (unpaired) electrons.